The van der Waals surface area contributed by atoms with Crippen LogP contribution >= 0.6 is 11.8 Å². The quantitative estimate of drug-likeness (QED) is 0.602. The van der Waals surface area contributed by atoms with Gasteiger partial charge < -0.3 is 15.4 Å². The lowest BCUT2D eigenvalue weighted by Gasteiger charge is -2.23. The number of thioether (sulfide) groups is 1. The van der Waals surface area contributed by atoms with Crippen LogP contribution in [0.15, 0.2) is 0 Å². The zero-order valence-corrected chi connectivity index (χ0v) is 15.5. The summed E-state index contributed by atoms with van der Waals surface area (Å²) in [5.74, 6) is 1.32. The Morgan fingerprint density at radius 2 is 1.82 bits per heavy atom. The summed E-state index contributed by atoms with van der Waals surface area (Å²) in [6, 6.07) is -0.550. The second kappa shape index (κ2) is 11.6. The van der Waals surface area contributed by atoms with Crippen molar-refractivity contribution in [1.29, 1.82) is 0 Å². The highest BCUT2D eigenvalue weighted by Gasteiger charge is 2.23. The molecule has 6 heteroatoms. The lowest BCUT2D eigenvalue weighted by molar-refractivity contribution is -0.122. The Hall–Kier alpha value is -0.910. The summed E-state index contributed by atoms with van der Waals surface area (Å²) < 4.78 is 5.22. The van der Waals surface area contributed by atoms with Crippen LogP contribution < -0.4 is 10.6 Å². The van der Waals surface area contributed by atoms with Crippen LogP contribution in [0.5, 0.6) is 0 Å². The lowest BCUT2D eigenvalue weighted by atomic mass is 10.2. The van der Waals surface area contributed by atoms with E-state index in [2.05, 4.69) is 17.6 Å². The Balaban J connectivity index is 4.30. The average Bonchev–Trinajstić information content (AvgIpc) is 2.41. The smallest absolute Gasteiger partial charge is 0.408 e. The van der Waals surface area contributed by atoms with Crippen molar-refractivity contribution in [2.45, 2.75) is 71.9 Å². The Labute approximate surface area is 139 Å². The van der Waals surface area contributed by atoms with Gasteiger partial charge >= 0.3 is 6.09 Å². The molecular formula is C16H32N2O3S. The number of ether oxygens (including phenoxy) is 1. The molecule has 0 heterocycles. The highest BCUT2D eigenvalue weighted by atomic mass is 32.2. The maximum absolute atomic E-state index is 12.2. The lowest BCUT2D eigenvalue weighted by Crippen LogP contribution is -2.49. The molecule has 0 aromatic carbocycles. The molecule has 0 aromatic heterocycles. The molecule has 130 valence electrons. The highest BCUT2D eigenvalue weighted by molar-refractivity contribution is 7.99. The van der Waals surface area contributed by atoms with E-state index >= 15 is 0 Å². The average molecular weight is 333 g/mol. The van der Waals surface area contributed by atoms with Crippen molar-refractivity contribution >= 4 is 23.8 Å². The molecule has 0 aromatic rings. The summed E-state index contributed by atoms with van der Waals surface area (Å²) in [6.07, 6.45) is 3.89. The number of alkyl carbamates (subject to hydrolysis) is 1. The molecule has 0 aliphatic rings. The predicted molar refractivity (Wildman–Crippen MR) is 93.3 cm³/mol. The molecule has 0 bridgehead atoms. The topological polar surface area (TPSA) is 67.4 Å². The van der Waals surface area contributed by atoms with E-state index in [1.165, 1.54) is 12.8 Å². The van der Waals surface area contributed by atoms with Crippen molar-refractivity contribution < 1.29 is 14.3 Å². The van der Waals surface area contributed by atoms with E-state index in [0.717, 1.165) is 18.6 Å². The first-order valence-corrected chi connectivity index (χ1v) is 9.30. The molecule has 0 aliphatic heterocycles. The molecule has 0 fully saturated rings. The fraction of sp³-hybridized carbons (Fsp3) is 0.875. The number of carbonyl (C=O) groups excluding carboxylic acids is 2. The van der Waals surface area contributed by atoms with E-state index in [4.69, 9.17) is 4.74 Å². The van der Waals surface area contributed by atoms with Gasteiger partial charge in [-0.3, -0.25) is 4.79 Å². The molecule has 2 N–H and O–H groups in total. The first kappa shape index (κ1) is 21.1. The van der Waals surface area contributed by atoms with E-state index in [0.29, 0.717) is 12.3 Å². The number of unbranched alkanes of at least 4 members (excludes halogenated alkanes) is 3. The van der Waals surface area contributed by atoms with Gasteiger partial charge in [-0.15, -0.1) is 0 Å². The van der Waals surface area contributed by atoms with Gasteiger partial charge in [-0.1, -0.05) is 33.1 Å². The second-order valence-corrected chi connectivity index (χ2v) is 7.53. The van der Waals surface area contributed by atoms with Gasteiger partial charge in [0.25, 0.3) is 0 Å². The summed E-state index contributed by atoms with van der Waals surface area (Å²) in [5.41, 5.74) is -0.566. The van der Waals surface area contributed by atoms with Crippen molar-refractivity contribution in [2.75, 3.05) is 18.1 Å². The molecule has 1 atom stereocenters. The third kappa shape index (κ3) is 11.7. The van der Waals surface area contributed by atoms with Gasteiger partial charge in [0.2, 0.25) is 5.91 Å². The van der Waals surface area contributed by atoms with Gasteiger partial charge in [0.1, 0.15) is 11.6 Å². The van der Waals surface area contributed by atoms with Crippen LogP contribution in [0.4, 0.5) is 4.79 Å². The van der Waals surface area contributed by atoms with Gasteiger partial charge in [0, 0.05) is 12.3 Å². The van der Waals surface area contributed by atoms with Crippen molar-refractivity contribution in [3.05, 3.63) is 0 Å². The number of hydrogen-bond acceptors (Lipinski definition) is 4. The molecule has 5 nitrogen and oxygen atoms in total. The summed E-state index contributed by atoms with van der Waals surface area (Å²) in [7, 11) is 0. The fourth-order valence-corrected chi connectivity index (χ4v) is 2.46. The van der Waals surface area contributed by atoms with Crippen LogP contribution in [-0.2, 0) is 9.53 Å². The summed E-state index contributed by atoms with van der Waals surface area (Å²) >= 11 is 1.62. The third-order valence-corrected chi connectivity index (χ3v) is 3.80. The minimum atomic E-state index is -0.566. The molecule has 22 heavy (non-hydrogen) atoms. The Morgan fingerprint density at radius 3 is 2.36 bits per heavy atom. The largest absolute Gasteiger partial charge is 0.444 e. The molecule has 0 aliphatic carbocycles. The highest BCUT2D eigenvalue weighted by Crippen LogP contribution is 2.08. The van der Waals surface area contributed by atoms with Crippen LogP contribution in [0.1, 0.15) is 60.3 Å². The molecule has 0 unspecified atom stereocenters. The zero-order valence-electron chi connectivity index (χ0n) is 14.7. The van der Waals surface area contributed by atoms with Crippen LogP contribution in [0.3, 0.4) is 0 Å². The van der Waals surface area contributed by atoms with E-state index < -0.39 is 17.7 Å². The molecule has 0 saturated heterocycles. The van der Waals surface area contributed by atoms with Crippen molar-refractivity contribution in [3.63, 3.8) is 0 Å². The molecule has 0 spiro atoms. The third-order valence-electron chi connectivity index (χ3n) is 2.83. The van der Waals surface area contributed by atoms with Crippen molar-refractivity contribution in [1.82, 2.24) is 10.6 Å². The summed E-state index contributed by atoms with van der Waals surface area (Å²) in [4.78, 5) is 24.0. The maximum Gasteiger partial charge on any atom is 0.408 e. The first-order valence-electron chi connectivity index (χ1n) is 8.15. The monoisotopic (exact) mass is 332 g/mol. The molecule has 0 saturated carbocycles. The molecule has 0 rings (SSSR count). The Kier molecular flexibility index (Phi) is 11.1. The van der Waals surface area contributed by atoms with E-state index in [1.54, 1.807) is 32.5 Å². The Bertz CT molecular complexity index is 330. The molecular weight excluding hydrogens is 300 g/mol. The summed E-state index contributed by atoms with van der Waals surface area (Å²) in [5, 5.41) is 5.56. The van der Waals surface area contributed by atoms with Gasteiger partial charge in [-0.2, -0.15) is 11.8 Å². The Morgan fingerprint density at radius 1 is 1.14 bits per heavy atom. The number of rotatable bonds is 10. The van der Waals surface area contributed by atoms with Crippen molar-refractivity contribution in [3.8, 4) is 0 Å². The molecule has 0 radical (unpaired) electrons. The predicted octanol–water partition coefficient (Wildman–Crippen LogP) is 3.33. The van der Waals surface area contributed by atoms with Crippen molar-refractivity contribution in [2.24, 2.45) is 0 Å². The van der Waals surface area contributed by atoms with E-state index in [9.17, 15) is 9.59 Å². The first-order chi connectivity index (χ1) is 10.3. The van der Waals surface area contributed by atoms with Gasteiger partial charge in [-0.25, -0.2) is 4.79 Å². The minimum absolute atomic E-state index is 0.136. The minimum Gasteiger partial charge on any atom is -0.444 e. The zero-order chi connectivity index (χ0) is 17.0. The standard InChI is InChI=1S/C16H32N2O3S/c1-6-8-9-10-11-17-14(19)13(12-22-7-2)18-15(20)21-16(3,4)5/h13H,6-12H2,1-5H3,(H,17,19)(H,18,20)/t13-/m0/s1. The van der Waals surface area contributed by atoms with Gasteiger partial charge in [0.05, 0.1) is 0 Å². The van der Waals surface area contributed by atoms with Crippen LogP contribution in [0.2, 0.25) is 0 Å². The van der Waals surface area contributed by atoms with Crippen LogP contribution in [0, 0.1) is 0 Å². The summed E-state index contributed by atoms with van der Waals surface area (Å²) in [6.45, 7) is 10.2. The van der Waals surface area contributed by atoms with Gasteiger partial charge in [-0.05, 0) is 32.9 Å². The maximum atomic E-state index is 12.2. The van der Waals surface area contributed by atoms with Crippen LogP contribution in [-0.4, -0.2) is 41.7 Å². The SMILES string of the molecule is CCCCCCNC(=O)[C@H](CSCC)NC(=O)OC(C)(C)C. The van der Waals surface area contributed by atoms with E-state index in [-0.39, 0.29) is 5.91 Å². The number of nitrogens with one attached hydrogen (secondary N) is 2. The number of hydrogen-bond donors (Lipinski definition) is 2. The molecule has 2 amide bonds. The van der Waals surface area contributed by atoms with Crippen LogP contribution in [0.25, 0.3) is 0 Å². The van der Waals surface area contributed by atoms with Gasteiger partial charge in [0.15, 0.2) is 0 Å². The fourth-order valence-electron chi connectivity index (χ4n) is 1.75. The second-order valence-electron chi connectivity index (χ2n) is 6.21. The number of carbonyl (C=O) groups is 2. The van der Waals surface area contributed by atoms with E-state index in [1.807, 2.05) is 6.92 Å². The normalized spacial score (nSPS) is 12.6. The number of amides is 2.